The van der Waals surface area contributed by atoms with Gasteiger partial charge in [-0.15, -0.1) is 0 Å². The predicted molar refractivity (Wildman–Crippen MR) is 216 cm³/mol. The summed E-state index contributed by atoms with van der Waals surface area (Å²) >= 11 is 0. The summed E-state index contributed by atoms with van der Waals surface area (Å²) in [7, 11) is 0. The fraction of sp³-hybridized carbons (Fsp3) is 0.674. The van der Waals surface area contributed by atoms with Crippen LogP contribution in [0.25, 0.3) is 6.08 Å². The highest BCUT2D eigenvalue weighted by molar-refractivity contribution is 5.92. The fourth-order valence-electron chi connectivity index (χ4n) is 7.96. The third-order valence-corrected chi connectivity index (χ3v) is 11.0. The number of nitrogens with zero attached hydrogens (tertiary/aromatic N) is 2. The predicted octanol–water partition coefficient (Wildman–Crippen LogP) is 4.90. The number of carbonyl (C=O) groups excluding carboxylic acids is 3. The number of rotatable bonds is 13. The van der Waals surface area contributed by atoms with Gasteiger partial charge in [0.05, 0.1) is 6.61 Å². The minimum Gasteiger partial charge on any atom is -0.475 e. The Labute approximate surface area is 338 Å². The Hall–Kier alpha value is -3.98. The minimum atomic E-state index is -1.50. The highest BCUT2D eigenvalue weighted by atomic mass is 16.6. The van der Waals surface area contributed by atoms with Gasteiger partial charge in [0.15, 0.2) is 12.2 Å². The monoisotopic (exact) mass is 798 g/mol. The van der Waals surface area contributed by atoms with E-state index in [1.807, 2.05) is 52.5 Å². The van der Waals surface area contributed by atoms with E-state index in [-0.39, 0.29) is 29.9 Å². The molecule has 1 spiro atoms. The summed E-state index contributed by atoms with van der Waals surface area (Å²) in [5, 5.41) is 29.8. The maximum absolute atomic E-state index is 12.6. The van der Waals surface area contributed by atoms with Gasteiger partial charge in [0.1, 0.15) is 30.5 Å². The van der Waals surface area contributed by atoms with Crippen molar-refractivity contribution in [3.8, 4) is 0 Å². The normalized spacial score (nSPS) is 24.6. The lowest BCUT2D eigenvalue weighted by Crippen LogP contribution is -2.62. The van der Waals surface area contributed by atoms with E-state index in [0.717, 1.165) is 75.6 Å². The summed E-state index contributed by atoms with van der Waals surface area (Å²) in [5.41, 5.74) is 10.4. The number of esters is 2. The van der Waals surface area contributed by atoms with Crippen LogP contribution < -0.4 is 5.73 Å². The lowest BCUT2D eigenvalue weighted by Gasteiger charge is -2.47. The Kier molecular flexibility index (Phi) is 16.1. The first-order chi connectivity index (χ1) is 26.8. The van der Waals surface area contributed by atoms with Crippen LogP contribution in [-0.2, 0) is 39.7 Å². The van der Waals surface area contributed by atoms with Crippen molar-refractivity contribution in [3.63, 3.8) is 0 Å². The van der Waals surface area contributed by atoms with Crippen molar-refractivity contribution >= 4 is 30.0 Å². The Balaban J connectivity index is 1.34. The fourth-order valence-corrected chi connectivity index (χ4v) is 7.96. The summed E-state index contributed by atoms with van der Waals surface area (Å²) in [6, 6.07) is 6.20. The van der Waals surface area contributed by atoms with Gasteiger partial charge in [-0.05, 0) is 94.4 Å². The molecule has 1 aromatic rings. The molecule has 3 fully saturated rings. The molecule has 3 aliphatic heterocycles. The van der Waals surface area contributed by atoms with E-state index in [4.69, 9.17) is 34.8 Å². The zero-order valence-corrected chi connectivity index (χ0v) is 35.2. The number of aliphatic hydroxyl groups is 2. The molecule has 3 aliphatic rings. The zero-order valence-electron chi connectivity index (χ0n) is 35.2. The molecule has 14 heteroatoms. The molecule has 14 nitrogen and oxygen atoms in total. The van der Waals surface area contributed by atoms with Crippen LogP contribution >= 0.6 is 0 Å². The SMILES string of the molecule is CC(=O)O[C@@H]1[C@@H](O)[C@H](OC(C)=O)[C@@H](CO)O[C@H]1COC(=N)/C(Cc1ccc(/C=C/CCN2CCCC3(CCN(C(=O)OC(C)(C)C)CC3)C2)cc1C)=C(\N)C(C)C. The maximum Gasteiger partial charge on any atom is 0.410 e. The Morgan fingerprint density at radius 1 is 1.05 bits per heavy atom. The van der Waals surface area contributed by atoms with Crippen LogP contribution in [-0.4, -0.2) is 126 Å². The summed E-state index contributed by atoms with van der Waals surface area (Å²) in [4.78, 5) is 40.6. The number of hydrogen-bond donors (Lipinski definition) is 4. The highest BCUT2D eigenvalue weighted by Crippen LogP contribution is 2.40. The van der Waals surface area contributed by atoms with Gasteiger partial charge in [0.25, 0.3) is 0 Å². The quantitative estimate of drug-likeness (QED) is 0.0915. The van der Waals surface area contributed by atoms with E-state index in [0.29, 0.717) is 17.7 Å². The molecule has 0 saturated carbocycles. The van der Waals surface area contributed by atoms with Crippen LogP contribution in [0, 0.1) is 23.7 Å². The van der Waals surface area contributed by atoms with Crippen LogP contribution in [0.2, 0.25) is 0 Å². The summed E-state index contributed by atoms with van der Waals surface area (Å²) < 4.78 is 27.9. The van der Waals surface area contributed by atoms with Gasteiger partial charge in [-0.3, -0.25) is 15.0 Å². The molecule has 3 saturated heterocycles. The third-order valence-electron chi connectivity index (χ3n) is 11.0. The Bertz CT molecular complexity index is 1630. The van der Waals surface area contributed by atoms with Gasteiger partial charge in [-0.1, -0.05) is 44.2 Å². The molecule has 318 valence electrons. The van der Waals surface area contributed by atoms with Crippen molar-refractivity contribution in [2.45, 2.75) is 130 Å². The first-order valence-electron chi connectivity index (χ1n) is 20.3. The number of likely N-dealkylation sites (tertiary alicyclic amines) is 2. The summed E-state index contributed by atoms with van der Waals surface area (Å²) in [5.74, 6) is -1.68. The molecular formula is C43H66N4O10. The smallest absolute Gasteiger partial charge is 0.410 e. The van der Waals surface area contributed by atoms with E-state index in [9.17, 15) is 24.6 Å². The van der Waals surface area contributed by atoms with Crippen molar-refractivity contribution < 1.29 is 48.3 Å². The molecule has 1 amide bonds. The number of aryl methyl sites for hydroxylation is 1. The topological polar surface area (TPSA) is 194 Å². The van der Waals surface area contributed by atoms with Gasteiger partial charge < -0.3 is 49.4 Å². The molecule has 57 heavy (non-hydrogen) atoms. The molecule has 0 aromatic heterocycles. The van der Waals surface area contributed by atoms with E-state index >= 15 is 0 Å². The van der Waals surface area contributed by atoms with Crippen molar-refractivity contribution in [1.82, 2.24) is 9.80 Å². The Morgan fingerprint density at radius 3 is 2.28 bits per heavy atom. The molecule has 5 atom stereocenters. The maximum atomic E-state index is 12.6. The van der Waals surface area contributed by atoms with Crippen LogP contribution in [0.3, 0.4) is 0 Å². The summed E-state index contributed by atoms with van der Waals surface area (Å²) in [6.07, 6.45) is 3.56. The molecular weight excluding hydrogens is 732 g/mol. The van der Waals surface area contributed by atoms with Gasteiger partial charge in [0.2, 0.25) is 5.90 Å². The average Bonchev–Trinajstić information content (AvgIpc) is 3.13. The first kappa shape index (κ1) is 45.7. The highest BCUT2D eigenvalue weighted by Gasteiger charge is 2.49. The summed E-state index contributed by atoms with van der Waals surface area (Å²) in [6.45, 7) is 17.7. The van der Waals surface area contributed by atoms with Crippen molar-refractivity contribution in [1.29, 1.82) is 5.41 Å². The van der Waals surface area contributed by atoms with Crippen LogP contribution in [0.1, 0.15) is 97.3 Å². The van der Waals surface area contributed by atoms with Crippen molar-refractivity contribution in [2.24, 2.45) is 17.1 Å². The number of ether oxygens (including phenoxy) is 5. The number of benzene rings is 1. The number of carbonyl (C=O) groups is 3. The van der Waals surface area contributed by atoms with Gasteiger partial charge in [0, 0.05) is 57.7 Å². The number of amides is 1. The van der Waals surface area contributed by atoms with Crippen LogP contribution in [0.15, 0.2) is 35.5 Å². The molecule has 0 aliphatic carbocycles. The molecule has 1 aromatic carbocycles. The van der Waals surface area contributed by atoms with Gasteiger partial charge >= 0.3 is 18.0 Å². The molecule has 3 heterocycles. The van der Waals surface area contributed by atoms with Crippen molar-refractivity contribution in [2.75, 3.05) is 45.9 Å². The number of piperidine rings is 2. The second kappa shape index (κ2) is 20.1. The van der Waals surface area contributed by atoms with Gasteiger partial charge in [-0.25, -0.2) is 4.79 Å². The largest absolute Gasteiger partial charge is 0.475 e. The van der Waals surface area contributed by atoms with E-state index < -0.39 is 54.7 Å². The van der Waals surface area contributed by atoms with Crippen LogP contribution in [0.5, 0.6) is 0 Å². The van der Waals surface area contributed by atoms with Crippen LogP contribution in [0.4, 0.5) is 4.79 Å². The number of nitrogens with two attached hydrogens (primary N) is 1. The molecule has 5 N–H and O–H groups in total. The molecule has 4 rings (SSSR count). The number of hydrogen-bond acceptors (Lipinski definition) is 13. The van der Waals surface area contributed by atoms with E-state index in [1.165, 1.54) is 19.8 Å². The van der Waals surface area contributed by atoms with Gasteiger partial charge in [-0.2, -0.15) is 0 Å². The standard InChI is InChI=1S/C43H66N4O10/c1-27(2)36(44)33(40(45)53-25-35-39(55-30(5)50)37(51)38(54-29(4)49)34(24-48)56-35)23-32-14-13-31(22-28(32)3)12-9-10-18-46-19-11-15-43(26-46)16-20-47(21-17-43)41(52)57-42(6,7)8/h9,12-14,22,27,34-35,37-39,45,48,51H,10-11,15-21,23-26,44H2,1-8H3/b12-9+,36-33-,45-40?/t34-,35+,37+,38-,39+/m1/s1. The molecule has 0 bridgehead atoms. The minimum absolute atomic E-state index is 0.0870. The third kappa shape index (κ3) is 13.0. The average molecular weight is 799 g/mol. The second-order valence-electron chi connectivity index (χ2n) is 17.2. The Morgan fingerprint density at radius 2 is 1.70 bits per heavy atom. The first-order valence-corrected chi connectivity index (χ1v) is 20.3. The second-order valence-corrected chi connectivity index (χ2v) is 17.2. The molecule has 0 unspecified atom stereocenters. The van der Waals surface area contributed by atoms with Crippen molar-refractivity contribution in [3.05, 3.63) is 52.2 Å². The zero-order chi connectivity index (χ0) is 42.1. The number of nitrogens with one attached hydrogen (secondary N) is 1. The molecule has 0 radical (unpaired) electrons. The lowest BCUT2D eigenvalue weighted by molar-refractivity contribution is -0.249. The van der Waals surface area contributed by atoms with E-state index in [1.54, 1.807) is 0 Å². The van der Waals surface area contributed by atoms with E-state index in [2.05, 4.69) is 29.2 Å². The number of allylic oxidation sites excluding steroid dienone is 1. The number of aliphatic hydroxyl groups excluding tert-OH is 2. The lowest BCUT2D eigenvalue weighted by atomic mass is 9.72.